The van der Waals surface area contributed by atoms with E-state index in [2.05, 4.69) is 28.2 Å². The second-order valence-electron chi connectivity index (χ2n) is 6.48. The van der Waals surface area contributed by atoms with Gasteiger partial charge in [-0.1, -0.05) is 36.9 Å². The predicted molar refractivity (Wildman–Crippen MR) is 109 cm³/mol. The Morgan fingerprint density at radius 2 is 1.96 bits per heavy atom. The van der Waals surface area contributed by atoms with E-state index in [1.807, 2.05) is 23.7 Å². The summed E-state index contributed by atoms with van der Waals surface area (Å²) in [4.78, 5) is 16.0. The zero-order chi connectivity index (χ0) is 19.7. The van der Waals surface area contributed by atoms with Gasteiger partial charge < -0.3 is 9.55 Å². The lowest BCUT2D eigenvalue weighted by Gasteiger charge is -2.04. The number of carbonyl (C=O) groups excluding carboxylic acids is 1. The van der Waals surface area contributed by atoms with Crippen molar-refractivity contribution in [2.45, 2.75) is 18.5 Å². The number of ketones is 1. The molecule has 0 atom stereocenters. The first-order chi connectivity index (χ1) is 13.6. The Morgan fingerprint density at radius 1 is 1.18 bits per heavy atom. The number of hydrogen-bond acceptors (Lipinski definition) is 4. The molecule has 0 unspecified atom stereocenters. The van der Waals surface area contributed by atoms with Gasteiger partial charge in [0.2, 0.25) is 0 Å². The molecule has 1 N–H and O–H groups in total. The molecular formula is C21H19FN4OS. The fourth-order valence-electron chi connectivity index (χ4n) is 3.24. The lowest BCUT2D eigenvalue weighted by molar-refractivity contribution is 0.102. The highest BCUT2D eigenvalue weighted by atomic mass is 32.2. The van der Waals surface area contributed by atoms with E-state index in [0.29, 0.717) is 16.5 Å². The number of rotatable bonds is 6. The molecule has 0 aliphatic heterocycles. The van der Waals surface area contributed by atoms with E-state index in [9.17, 15) is 9.18 Å². The Kier molecular flexibility index (Phi) is 5.00. The van der Waals surface area contributed by atoms with Crippen molar-refractivity contribution in [1.29, 1.82) is 0 Å². The van der Waals surface area contributed by atoms with E-state index in [1.165, 1.54) is 29.5 Å². The number of benzene rings is 2. The molecule has 0 spiro atoms. The first-order valence-electron chi connectivity index (χ1n) is 8.98. The van der Waals surface area contributed by atoms with Gasteiger partial charge in [0.15, 0.2) is 16.8 Å². The molecule has 5 nitrogen and oxygen atoms in total. The molecule has 0 bridgehead atoms. The van der Waals surface area contributed by atoms with Gasteiger partial charge in [-0.25, -0.2) is 4.39 Å². The molecule has 0 aliphatic carbocycles. The maximum atomic E-state index is 13.1. The van der Waals surface area contributed by atoms with Gasteiger partial charge in [-0.3, -0.25) is 4.79 Å². The van der Waals surface area contributed by atoms with Crippen LogP contribution in [-0.2, 0) is 13.5 Å². The summed E-state index contributed by atoms with van der Waals surface area (Å²) < 4.78 is 14.9. The molecule has 28 heavy (non-hydrogen) atoms. The number of para-hydroxylation sites is 1. The molecular weight excluding hydrogens is 375 g/mol. The molecule has 0 saturated heterocycles. The molecule has 2 aromatic heterocycles. The highest BCUT2D eigenvalue weighted by Gasteiger charge is 2.17. The van der Waals surface area contributed by atoms with E-state index >= 15 is 0 Å². The monoisotopic (exact) mass is 394 g/mol. The largest absolute Gasteiger partial charge is 0.360 e. The van der Waals surface area contributed by atoms with Gasteiger partial charge in [-0.05, 0) is 36.2 Å². The molecule has 0 amide bonds. The number of fused-ring (bicyclic) bond motifs is 1. The predicted octanol–water partition coefficient (Wildman–Crippen LogP) is 4.64. The summed E-state index contributed by atoms with van der Waals surface area (Å²) in [6, 6.07) is 12.1. The number of thioether (sulfide) groups is 1. The van der Waals surface area contributed by atoms with Crippen LogP contribution >= 0.6 is 11.8 Å². The van der Waals surface area contributed by atoms with Gasteiger partial charge in [0.1, 0.15) is 5.82 Å². The van der Waals surface area contributed by atoms with E-state index in [-0.39, 0.29) is 17.4 Å². The van der Waals surface area contributed by atoms with Crippen LogP contribution in [0, 0.1) is 5.82 Å². The van der Waals surface area contributed by atoms with Crippen LogP contribution in [-0.4, -0.2) is 31.3 Å². The normalized spacial score (nSPS) is 11.2. The lowest BCUT2D eigenvalue weighted by atomic mass is 10.1. The second kappa shape index (κ2) is 7.59. The van der Waals surface area contributed by atoms with Crippen molar-refractivity contribution in [3.63, 3.8) is 0 Å². The standard InChI is InChI=1S/C21H19FN4OS/c1-3-13-5-4-6-16-17(11-23-19(13)16)18(27)12-28-21-25-24-20(26(21)2)14-7-9-15(22)10-8-14/h4-11,23H,3,12H2,1-2H3. The van der Waals surface area contributed by atoms with Gasteiger partial charge in [-0.15, -0.1) is 10.2 Å². The average Bonchev–Trinajstić information content (AvgIpc) is 3.30. The van der Waals surface area contributed by atoms with E-state index in [0.717, 1.165) is 22.9 Å². The van der Waals surface area contributed by atoms with Crippen LogP contribution in [0.2, 0.25) is 0 Å². The Morgan fingerprint density at radius 3 is 2.71 bits per heavy atom. The van der Waals surface area contributed by atoms with Crippen LogP contribution in [0.25, 0.3) is 22.3 Å². The van der Waals surface area contributed by atoms with Gasteiger partial charge >= 0.3 is 0 Å². The summed E-state index contributed by atoms with van der Waals surface area (Å²) in [5, 5.41) is 9.95. The SMILES string of the molecule is CCc1cccc2c(C(=O)CSc3nnc(-c4ccc(F)cc4)n3C)c[nH]c12. The number of aromatic nitrogens is 4. The molecule has 2 aromatic carbocycles. The minimum Gasteiger partial charge on any atom is -0.360 e. The van der Waals surface area contributed by atoms with Crippen molar-refractivity contribution < 1.29 is 9.18 Å². The van der Waals surface area contributed by atoms with Crippen molar-refractivity contribution in [2.75, 3.05) is 5.75 Å². The second-order valence-corrected chi connectivity index (χ2v) is 7.42. The highest BCUT2D eigenvalue weighted by molar-refractivity contribution is 7.99. The summed E-state index contributed by atoms with van der Waals surface area (Å²) in [5.74, 6) is 0.639. The number of hydrogen-bond donors (Lipinski definition) is 1. The van der Waals surface area contributed by atoms with Crippen molar-refractivity contribution in [3.8, 4) is 11.4 Å². The average molecular weight is 394 g/mol. The molecule has 2 heterocycles. The van der Waals surface area contributed by atoms with Crippen molar-refractivity contribution in [2.24, 2.45) is 7.05 Å². The van der Waals surface area contributed by atoms with Crippen LogP contribution < -0.4 is 0 Å². The Bertz CT molecular complexity index is 1150. The molecule has 7 heteroatoms. The zero-order valence-corrected chi connectivity index (χ0v) is 16.4. The van der Waals surface area contributed by atoms with Crippen molar-refractivity contribution in [1.82, 2.24) is 19.7 Å². The summed E-state index contributed by atoms with van der Waals surface area (Å²) in [6.07, 6.45) is 2.69. The smallest absolute Gasteiger partial charge is 0.191 e. The minimum atomic E-state index is -0.295. The highest BCUT2D eigenvalue weighted by Crippen LogP contribution is 2.26. The molecule has 0 saturated carbocycles. The molecule has 0 radical (unpaired) electrons. The van der Waals surface area contributed by atoms with E-state index in [4.69, 9.17) is 0 Å². The quantitative estimate of drug-likeness (QED) is 0.382. The Hall–Kier alpha value is -2.93. The zero-order valence-electron chi connectivity index (χ0n) is 15.6. The van der Waals surface area contributed by atoms with Gasteiger partial charge in [0.25, 0.3) is 0 Å². The third kappa shape index (κ3) is 3.33. The van der Waals surface area contributed by atoms with Crippen LogP contribution in [0.5, 0.6) is 0 Å². The summed E-state index contributed by atoms with van der Waals surface area (Å²) >= 11 is 1.34. The topological polar surface area (TPSA) is 63.6 Å². The summed E-state index contributed by atoms with van der Waals surface area (Å²) in [5.41, 5.74) is 3.69. The van der Waals surface area contributed by atoms with Crippen LogP contribution in [0.1, 0.15) is 22.8 Å². The number of nitrogens with one attached hydrogen (secondary N) is 1. The van der Waals surface area contributed by atoms with Crippen LogP contribution in [0.4, 0.5) is 4.39 Å². The van der Waals surface area contributed by atoms with E-state index in [1.54, 1.807) is 18.3 Å². The Balaban J connectivity index is 1.52. The maximum Gasteiger partial charge on any atom is 0.191 e. The van der Waals surface area contributed by atoms with Crippen molar-refractivity contribution >= 4 is 28.4 Å². The fraction of sp³-hybridized carbons (Fsp3) is 0.190. The minimum absolute atomic E-state index is 0.0378. The first kappa shape index (κ1) is 18.4. The lowest BCUT2D eigenvalue weighted by Crippen LogP contribution is -2.03. The number of H-pyrrole nitrogens is 1. The third-order valence-electron chi connectivity index (χ3n) is 4.75. The third-order valence-corrected chi connectivity index (χ3v) is 5.77. The van der Waals surface area contributed by atoms with Crippen LogP contribution in [0.15, 0.2) is 53.8 Å². The Labute approximate surface area is 166 Å². The number of halogens is 1. The summed E-state index contributed by atoms with van der Waals surface area (Å²) in [7, 11) is 1.84. The number of carbonyl (C=O) groups is 1. The number of aromatic amines is 1. The molecule has 0 aliphatic rings. The van der Waals surface area contributed by atoms with Crippen LogP contribution in [0.3, 0.4) is 0 Å². The van der Waals surface area contributed by atoms with Gasteiger partial charge in [-0.2, -0.15) is 0 Å². The molecule has 4 rings (SSSR count). The first-order valence-corrected chi connectivity index (χ1v) is 9.97. The number of aryl methyl sites for hydroxylation is 1. The number of nitrogens with zero attached hydrogens (tertiary/aromatic N) is 3. The maximum absolute atomic E-state index is 13.1. The molecule has 142 valence electrons. The summed E-state index contributed by atoms with van der Waals surface area (Å²) in [6.45, 7) is 2.10. The number of Topliss-reactive ketones (excluding diaryl/α,β-unsaturated/α-hetero) is 1. The van der Waals surface area contributed by atoms with Gasteiger partial charge in [0.05, 0.1) is 5.75 Å². The van der Waals surface area contributed by atoms with Gasteiger partial charge in [0, 0.05) is 35.3 Å². The van der Waals surface area contributed by atoms with E-state index < -0.39 is 0 Å². The molecule has 0 fully saturated rings. The molecule has 4 aromatic rings. The van der Waals surface area contributed by atoms with Crippen molar-refractivity contribution in [3.05, 3.63) is 65.6 Å². The fourth-order valence-corrected chi connectivity index (χ4v) is 4.04.